The summed E-state index contributed by atoms with van der Waals surface area (Å²) < 4.78 is 5.94. The largest absolute Gasteiger partial charge is 0.379 e. The number of hydrogen-bond donors (Lipinski definition) is 2. The van der Waals surface area contributed by atoms with Crippen molar-refractivity contribution in [2.75, 3.05) is 13.1 Å². The third-order valence-electron chi connectivity index (χ3n) is 2.93. The van der Waals surface area contributed by atoms with E-state index in [1.54, 1.807) is 6.20 Å². The Kier molecular flexibility index (Phi) is 2.89. The maximum atomic E-state index is 10.3. The van der Waals surface area contributed by atoms with Crippen molar-refractivity contribution in [2.24, 2.45) is 0 Å². The van der Waals surface area contributed by atoms with Gasteiger partial charge in [0.2, 0.25) is 5.82 Å². The van der Waals surface area contributed by atoms with Crippen molar-refractivity contribution in [1.29, 1.82) is 0 Å². The zero-order valence-electron chi connectivity index (χ0n) is 9.43. The molecular weight excluding hydrogens is 300 g/mol. The SMILES string of the molecule is OC1(c2nc(-c3ncccc3Br)no2)CCNC1. The Morgan fingerprint density at radius 3 is 3.11 bits per heavy atom. The van der Waals surface area contributed by atoms with Crippen LogP contribution in [0.3, 0.4) is 0 Å². The van der Waals surface area contributed by atoms with Gasteiger partial charge in [0, 0.05) is 17.2 Å². The summed E-state index contributed by atoms with van der Waals surface area (Å²) >= 11 is 3.38. The zero-order valence-corrected chi connectivity index (χ0v) is 11.0. The lowest BCUT2D eigenvalue weighted by Crippen LogP contribution is -2.28. The van der Waals surface area contributed by atoms with Gasteiger partial charge in [-0.1, -0.05) is 5.16 Å². The van der Waals surface area contributed by atoms with E-state index in [0.717, 1.165) is 11.0 Å². The second-order valence-electron chi connectivity index (χ2n) is 4.22. The molecule has 1 aliphatic heterocycles. The van der Waals surface area contributed by atoms with Gasteiger partial charge in [0.25, 0.3) is 5.89 Å². The molecule has 0 bridgehead atoms. The second-order valence-corrected chi connectivity index (χ2v) is 5.07. The zero-order chi connectivity index (χ0) is 12.6. The Hall–Kier alpha value is -1.31. The average Bonchev–Trinajstić information content (AvgIpc) is 2.99. The van der Waals surface area contributed by atoms with Crippen molar-refractivity contribution >= 4 is 15.9 Å². The normalized spacial score (nSPS) is 23.4. The van der Waals surface area contributed by atoms with E-state index < -0.39 is 5.60 Å². The number of β-amino-alcohol motifs (C(OH)–C–C–N with tert-alkyl or cyclic N) is 1. The van der Waals surface area contributed by atoms with Crippen molar-refractivity contribution < 1.29 is 9.63 Å². The van der Waals surface area contributed by atoms with Crippen LogP contribution in [0.1, 0.15) is 12.3 Å². The Morgan fingerprint density at radius 1 is 1.50 bits per heavy atom. The van der Waals surface area contributed by atoms with Crippen LogP contribution in [0.25, 0.3) is 11.5 Å². The minimum Gasteiger partial charge on any atom is -0.379 e. The van der Waals surface area contributed by atoms with E-state index >= 15 is 0 Å². The summed E-state index contributed by atoms with van der Waals surface area (Å²) in [6, 6.07) is 3.66. The predicted octanol–water partition coefficient (Wildman–Crippen LogP) is 1.07. The van der Waals surface area contributed by atoms with Crippen LogP contribution < -0.4 is 5.32 Å². The maximum absolute atomic E-state index is 10.3. The number of nitrogens with zero attached hydrogens (tertiary/aromatic N) is 3. The molecule has 3 rings (SSSR count). The highest BCUT2D eigenvalue weighted by Crippen LogP contribution is 2.29. The smallest absolute Gasteiger partial charge is 0.260 e. The summed E-state index contributed by atoms with van der Waals surface area (Å²) in [6.07, 6.45) is 2.22. The van der Waals surface area contributed by atoms with Gasteiger partial charge in [0.05, 0.1) is 0 Å². The van der Waals surface area contributed by atoms with Crippen LogP contribution in [0.2, 0.25) is 0 Å². The molecule has 0 saturated carbocycles. The van der Waals surface area contributed by atoms with E-state index in [1.165, 1.54) is 0 Å². The number of halogens is 1. The Morgan fingerprint density at radius 2 is 2.39 bits per heavy atom. The molecule has 0 aliphatic carbocycles. The number of rotatable bonds is 2. The molecule has 0 amide bonds. The monoisotopic (exact) mass is 310 g/mol. The van der Waals surface area contributed by atoms with Gasteiger partial charge in [0.15, 0.2) is 5.60 Å². The first kappa shape index (κ1) is 11.8. The lowest BCUT2D eigenvalue weighted by Gasteiger charge is -2.14. The summed E-state index contributed by atoms with van der Waals surface area (Å²) in [5.74, 6) is 0.609. The van der Waals surface area contributed by atoms with E-state index in [9.17, 15) is 5.11 Å². The number of hydrogen-bond acceptors (Lipinski definition) is 6. The van der Waals surface area contributed by atoms with Gasteiger partial charge in [-0.3, -0.25) is 4.98 Å². The predicted molar refractivity (Wildman–Crippen MR) is 66.6 cm³/mol. The van der Waals surface area contributed by atoms with Crippen LogP contribution in [0.15, 0.2) is 27.3 Å². The molecule has 1 saturated heterocycles. The molecule has 94 valence electrons. The molecule has 1 aliphatic rings. The fourth-order valence-corrected chi connectivity index (χ4v) is 2.35. The van der Waals surface area contributed by atoms with Gasteiger partial charge in [-0.15, -0.1) is 0 Å². The van der Waals surface area contributed by atoms with Crippen LogP contribution in [-0.4, -0.2) is 33.3 Å². The molecule has 7 heteroatoms. The van der Waals surface area contributed by atoms with Gasteiger partial charge in [-0.25, -0.2) is 0 Å². The van der Waals surface area contributed by atoms with E-state index in [0.29, 0.717) is 24.5 Å². The molecule has 2 aromatic heterocycles. The van der Waals surface area contributed by atoms with Crippen LogP contribution in [-0.2, 0) is 5.60 Å². The highest BCUT2D eigenvalue weighted by molar-refractivity contribution is 9.10. The van der Waals surface area contributed by atoms with Gasteiger partial charge in [-0.2, -0.15) is 4.98 Å². The van der Waals surface area contributed by atoms with Gasteiger partial charge >= 0.3 is 0 Å². The van der Waals surface area contributed by atoms with E-state index in [1.807, 2.05) is 12.1 Å². The average molecular weight is 311 g/mol. The Bertz CT molecular complexity index is 566. The highest BCUT2D eigenvalue weighted by Gasteiger charge is 2.39. The van der Waals surface area contributed by atoms with Crippen molar-refractivity contribution in [3.63, 3.8) is 0 Å². The van der Waals surface area contributed by atoms with E-state index in [2.05, 4.69) is 36.4 Å². The van der Waals surface area contributed by atoms with Crippen LogP contribution in [0, 0.1) is 0 Å². The molecule has 0 radical (unpaired) electrons. The summed E-state index contributed by atoms with van der Waals surface area (Å²) in [6.45, 7) is 1.17. The summed E-state index contributed by atoms with van der Waals surface area (Å²) in [7, 11) is 0. The van der Waals surface area contributed by atoms with Crippen LogP contribution in [0.5, 0.6) is 0 Å². The van der Waals surface area contributed by atoms with E-state index in [4.69, 9.17) is 4.52 Å². The summed E-state index contributed by atoms with van der Waals surface area (Å²) in [5, 5.41) is 17.2. The first-order valence-electron chi connectivity index (χ1n) is 5.57. The van der Waals surface area contributed by atoms with Crippen molar-refractivity contribution in [1.82, 2.24) is 20.4 Å². The molecular formula is C11H11BrN4O2. The number of pyridine rings is 1. The molecule has 3 heterocycles. The maximum Gasteiger partial charge on any atom is 0.260 e. The van der Waals surface area contributed by atoms with Crippen molar-refractivity contribution in [2.45, 2.75) is 12.0 Å². The lowest BCUT2D eigenvalue weighted by atomic mass is 10.0. The highest BCUT2D eigenvalue weighted by atomic mass is 79.9. The fraction of sp³-hybridized carbons (Fsp3) is 0.364. The quantitative estimate of drug-likeness (QED) is 0.863. The molecule has 6 nitrogen and oxygen atoms in total. The Labute approximate surface area is 112 Å². The minimum absolute atomic E-state index is 0.236. The third kappa shape index (κ3) is 1.94. The number of aromatic nitrogens is 3. The molecule has 1 unspecified atom stereocenters. The molecule has 18 heavy (non-hydrogen) atoms. The third-order valence-corrected chi connectivity index (χ3v) is 3.57. The first-order valence-corrected chi connectivity index (χ1v) is 6.36. The van der Waals surface area contributed by atoms with E-state index in [-0.39, 0.29) is 5.89 Å². The standard InChI is InChI=1S/C11H11BrN4O2/c12-7-2-1-4-14-8(7)9-15-10(18-16-9)11(17)3-5-13-6-11/h1-2,4,13,17H,3,5-6H2. The first-order chi connectivity index (χ1) is 8.69. The second kappa shape index (κ2) is 4.42. The summed E-state index contributed by atoms with van der Waals surface area (Å²) in [4.78, 5) is 8.42. The van der Waals surface area contributed by atoms with Crippen molar-refractivity contribution in [3.8, 4) is 11.5 Å². The van der Waals surface area contributed by atoms with Gasteiger partial charge in [-0.05, 0) is 41.0 Å². The van der Waals surface area contributed by atoms with Gasteiger partial charge in [0.1, 0.15) is 5.69 Å². The molecule has 2 aromatic rings. The van der Waals surface area contributed by atoms with Crippen LogP contribution in [0.4, 0.5) is 0 Å². The molecule has 1 atom stereocenters. The van der Waals surface area contributed by atoms with Crippen molar-refractivity contribution in [3.05, 3.63) is 28.7 Å². The fourth-order valence-electron chi connectivity index (χ4n) is 1.92. The van der Waals surface area contributed by atoms with Gasteiger partial charge < -0.3 is 14.9 Å². The minimum atomic E-state index is -1.06. The molecule has 1 fully saturated rings. The Balaban J connectivity index is 1.97. The molecule has 0 aromatic carbocycles. The summed E-state index contributed by atoms with van der Waals surface area (Å²) in [5.41, 5.74) is -0.464. The number of aliphatic hydroxyl groups is 1. The molecule has 0 spiro atoms. The lowest BCUT2D eigenvalue weighted by molar-refractivity contribution is 0.0243. The van der Waals surface area contributed by atoms with Crippen LogP contribution >= 0.6 is 15.9 Å². The molecule has 2 N–H and O–H groups in total. The topological polar surface area (TPSA) is 84.1 Å². The number of nitrogens with one attached hydrogen (secondary N) is 1.